The molecule has 28 heavy (non-hydrogen) atoms. The van der Waals surface area contributed by atoms with Crippen LogP contribution in [-0.4, -0.2) is 55.4 Å². The molecule has 0 spiro atoms. The number of guanidine groups is 1. The highest BCUT2D eigenvalue weighted by Gasteiger charge is 2.05. The lowest BCUT2D eigenvalue weighted by atomic mass is 10.2. The van der Waals surface area contributed by atoms with E-state index >= 15 is 0 Å². The van der Waals surface area contributed by atoms with Crippen molar-refractivity contribution in [2.24, 2.45) is 4.99 Å². The van der Waals surface area contributed by atoms with Crippen LogP contribution in [0.15, 0.2) is 35.3 Å². The van der Waals surface area contributed by atoms with Gasteiger partial charge in [-0.3, -0.25) is 14.5 Å². The minimum atomic E-state index is -0.114. The predicted molar refractivity (Wildman–Crippen MR) is 111 cm³/mol. The summed E-state index contributed by atoms with van der Waals surface area (Å²) in [6.45, 7) is 6.79. The molecule has 0 saturated heterocycles. The van der Waals surface area contributed by atoms with E-state index in [4.69, 9.17) is 4.74 Å². The van der Waals surface area contributed by atoms with E-state index in [0.717, 1.165) is 31.0 Å². The molecule has 1 aromatic heterocycles. The summed E-state index contributed by atoms with van der Waals surface area (Å²) < 4.78 is 7.11. The fraction of sp³-hybridized carbons (Fsp3) is 0.450. The standard InChI is InChI=1S/C20H30N6O2/c1-15-14-16(2)26(25-15)13-5-10-23-20(21-3)24-12-11-22-19(27)17-6-8-18(28-4)9-7-17/h6-9,14H,5,10-13H2,1-4H3,(H,22,27)(H2,21,23,24). The first kappa shape index (κ1) is 21.3. The summed E-state index contributed by atoms with van der Waals surface area (Å²) in [5.74, 6) is 1.33. The monoisotopic (exact) mass is 386 g/mol. The Bertz CT molecular complexity index is 782. The largest absolute Gasteiger partial charge is 0.497 e. The molecule has 0 aliphatic carbocycles. The van der Waals surface area contributed by atoms with E-state index < -0.39 is 0 Å². The van der Waals surface area contributed by atoms with Crippen LogP contribution in [0.25, 0.3) is 0 Å². The van der Waals surface area contributed by atoms with Gasteiger partial charge in [-0.15, -0.1) is 0 Å². The third-order valence-electron chi connectivity index (χ3n) is 4.22. The SMILES string of the molecule is CN=C(NCCCn1nc(C)cc1C)NCCNC(=O)c1ccc(OC)cc1. The molecule has 2 aromatic rings. The van der Waals surface area contributed by atoms with Gasteiger partial charge < -0.3 is 20.7 Å². The molecule has 152 valence electrons. The molecular formula is C20H30N6O2. The molecule has 0 unspecified atom stereocenters. The Balaban J connectivity index is 1.62. The van der Waals surface area contributed by atoms with E-state index in [1.807, 2.05) is 11.6 Å². The van der Waals surface area contributed by atoms with E-state index in [1.165, 1.54) is 5.69 Å². The van der Waals surface area contributed by atoms with Gasteiger partial charge in [0.1, 0.15) is 5.75 Å². The number of hydrogen-bond donors (Lipinski definition) is 3. The number of ether oxygens (including phenoxy) is 1. The molecule has 0 atom stereocenters. The lowest BCUT2D eigenvalue weighted by Gasteiger charge is -2.12. The molecule has 0 fully saturated rings. The summed E-state index contributed by atoms with van der Waals surface area (Å²) in [5, 5.41) is 13.8. The van der Waals surface area contributed by atoms with Gasteiger partial charge >= 0.3 is 0 Å². The van der Waals surface area contributed by atoms with Crippen LogP contribution in [0.4, 0.5) is 0 Å². The summed E-state index contributed by atoms with van der Waals surface area (Å²) in [4.78, 5) is 16.3. The normalized spacial score (nSPS) is 11.2. The van der Waals surface area contributed by atoms with Crippen molar-refractivity contribution in [3.8, 4) is 5.75 Å². The molecule has 3 N–H and O–H groups in total. The Morgan fingerprint density at radius 1 is 1.11 bits per heavy atom. The molecular weight excluding hydrogens is 356 g/mol. The van der Waals surface area contributed by atoms with Gasteiger partial charge in [-0.25, -0.2) is 0 Å². The minimum absolute atomic E-state index is 0.114. The topological polar surface area (TPSA) is 92.6 Å². The maximum Gasteiger partial charge on any atom is 0.251 e. The first-order valence-corrected chi connectivity index (χ1v) is 9.41. The number of aryl methyl sites for hydroxylation is 3. The van der Waals surface area contributed by atoms with Gasteiger partial charge in [-0.1, -0.05) is 0 Å². The Morgan fingerprint density at radius 3 is 2.39 bits per heavy atom. The molecule has 0 radical (unpaired) electrons. The number of carbonyl (C=O) groups is 1. The number of nitrogens with zero attached hydrogens (tertiary/aromatic N) is 3. The average Bonchev–Trinajstić information content (AvgIpc) is 3.03. The highest BCUT2D eigenvalue weighted by Crippen LogP contribution is 2.10. The van der Waals surface area contributed by atoms with Crippen LogP contribution in [0, 0.1) is 13.8 Å². The smallest absolute Gasteiger partial charge is 0.251 e. The van der Waals surface area contributed by atoms with E-state index in [2.05, 4.69) is 39.0 Å². The molecule has 0 aliphatic rings. The Kier molecular flexibility index (Phi) is 8.33. The van der Waals surface area contributed by atoms with Crippen molar-refractivity contribution in [3.05, 3.63) is 47.3 Å². The predicted octanol–water partition coefficient (Wildman–Crippen LogP) is 1.49. The van der Waals surface area contributed by atoms with Gasteiger partial charge in [0.15, 0.2) is 5.96 Å². The molecule has 1 aromatic carbocycles. The molecule has 0 bridgehead atoms. The molecule has 0 saturated carbocycles. The number of rotatable bonds is 9. The number of methoxy groups -OCH3 is 1. The van der Waals surface area contributed by atoms with Crippen molar-refractivity contribution in [1.82, 2.24) is 25.7 Å². The van der Waals surface area contributed by atoms with E-state index in [0.29, 0.717) is 24.6 Å². The van der Waals surface area contributed by atoms with Crippen LogP contribution in [0.2, 0.25) is 0 Å². The van der Waals surface area contributed by atoms with Crippen LogP contribution < -0.4 is 20.7 Å². The Labute approximate surface area is 166 Å². The van der Waals surface area contributed by atoms with Crippen molar-refractivity contribution in [2.45, 2.75) is 26.8 Å². The van der Waals surface area contributed by atoms with Gasteiger partial charge in [-0.2, -0.15) is 5.10 Å². The van der Waals surface area contributed by atoms with Crippen LogP contribution in [-0.2, 0) is 6.54 Å². The maximum atomic E-state index is 12.1. The lowest BCUT2D eigenvalue weighted by molar-refractivity contribution is 0.0954. The third kappa shape index (κ3) is 6.61. The lowest BCUT2D eigenvalue weighted by Crippen LogP contribution is -2.42. The number of amides is 1. The Morgan fingerprint density at radius 2 is 1.79 bits per heavy atom. The van der Waals surface area contributed by atoms with Crippen molar-refractivity contribution >= 4 is 11.9 Å². The quantitative estimate of drug-likeness (QED) is 0.345. The third-order valence-corrected chi connectivity index (χ3v) is 4.22. The van der Waals surface area contributed by atoms with E-state index in [-0.39, 0.29) is 5.91 Å². The number of aliphatic imine (C=N–C) groups is 1. The second-order valence-electron chi connectivity index (χ2n) is 6.41. The van der Waals surface area contributed by atoms with Crippen LogP contribution in [0.3, 0.4) is 0 Å². The number of hydrogen-bond acceptors (Lipinski definition) is 4. The van der Waals surface area contributed by atoms with Gasteiger partial charge in [0.05, 0.1) is 12.8 Å². The highest BCUT2D eigenvalue weighted by molar-refractivity contribution is 5.94. The minimum Gasteiger partial charge on any atom is -0.497 e. The first-order chi connectivity index (χ1) is 13.5. The van der Waals surface area contributed by atoms with Gasteiger partial charge in [-0.05, 0) is 50.6 Å². The van der Waals surface area contributed by atoms with Crippen LogP contribution in [0.1, 0.15) is 28.2 Å². The maximum absolute atomic E-state index is 12.1. The first-order valence-electron chi connectivity index (χ1n) is 9.41. The number of nitrogens with one attached hydrogen (secondary N) is 3. The van der Waals surface area contributed by atoms with Crippen molar-refractivity contribution in [3.63, 3.8) is 0 Å². The Hall–Kier alpha value is -3.03. The van der Waals surface area contributed by atoms with Crippen molar-refractivity contribution in [1.29, 1.82) is 0 Å². The number of benzene rings is 1. The van der Waals surface area contributed by atoms with Gasteiger partial charge in [0.25, 0.3) is 5.91 Å². The molecule has 8 nitrogen and oxygen atoms in total. The molecule has 1 heterocycles. The average molecular weight is 387 g/mol. The number of aromatic nitrogens is 2. The molecule has 1 amide bonds. The second-order valence-corrected chi connectivity index (χ2v) is 6.41. The molecule has 2 rings (SSSR count). The molecule has 8 heteroatoms. The van der Waals surface area contributed by atoms with Crippen LogP contribution >= 0.6 is 0 Å². The fourth-order valence-electron chi connectivity index (χ4n) is 2.76. The summed E-state index contributed by atoms with van der Waals surface area (Å²) in [6, 6.07) is 9.10. The summed E-state index contributed by atoms with van der Waals surface area (Å²) in [6.07, 6.45) is 0.941. The zero-order chi connectivity index (χ0) is 20.4. The summed E-state index contributed by atoms with van der Waals surface area (Å²) in [5.41, 5.74) is 2.82. The van der Waals surface area contributed by atoms with Gasteiger partial charge in [0.2, 0.25) is 0 Å². The van der Waals surface area contributed by atoms with Crippen molar-refractivity contribution in [2.75, 3.05) is 33.8 Å². The molecule has 0 aliphatic heterocycles. The zero-order valence-electron chi connectivity index (χ0n) is 17.1. The van der Waals surface area contributed by atoms with E-state index in [9.17, 15) is 4.79 Å². The van der Waals surface area contributed by atoms with Gasteiger partial charge in [0, 0.05) is 44.5 Å². The second kappa shape index (κ2) is 11.0. The van der Waals surface area contributed by atoms with Crippen LogP contribution in [0.5, 0.6) is 5.75 Å². The van der Waals surface area contributed by atoms with E-state index in [1.54, 1.807) is 38.4 Å². The summed E-state index contributed by atoms with van der Waals surface area (Å²) in [7, 11) is 3.33. The number of carbonyl (C=O) groups excluding carboxylic acids is 1. The fourth-order valence-corrected chi connectivity index (χ4v) is 2.76. The highest BCUT2D eigenvalue weighted by atomic mass is 16.5. The summed E-state index contributed by atoms with van der Waals surface area (Å²) >= 11 is 0. The van der Waals surface area contributed by atoms with Crippen molar-refractivity contribution < 1.29 is 9.53 Å². The zero-order valence-corrected chi connectivity index (χ0v) is 17.1.